The van der Waals surface area contributed by atoms with Gasteiger partial charge in [-0.3, -0.25) is 19.3 Å². The van der Waals surface area contributed by atoms with Crippen molar-refractivity contribution in [2.45, 2.75) is 70.1 Å². The normalized spacial score (nSPS) is 25.3. The molecular formula is C27H33N9. The van der Waals surface area contributed by atoms with Crippen LogP contribution in [0.15, 0.2) is 41.9 Å². The first-order valence-electron chi connectivity index (χ1n) is 13.1. The van der Waals surface area contributed by atoms with E-state index in [0.717, 1.165) is 59.7 Å². The zero-order valence-electron chi connectivity index (χ0n) is 21.1. The van der Waals surface area contributed by atoms with Crippen molar-refractivity contribution in [2.75, 3.05) is 13.1 Å². The third-order valence-electron chi connectivity index (χ3n) is 8.38. The van der Waals surface area contributed by atoms with Gasteiger partial charge in [-0.25, -0.2) is 4.98 Å². The van der Waals surface area contributed by atoms with Crippen LogP contribution in [-0.2, 0) is 18.5 Å². The summed E-state index contributed by atoms with van der Waals surface area (Å²) in [6, 6.07) is 4.89. The van der Waals surface area contributed by atoms with Gasteiger partial charge in [0.25, 0.3) is 0 Å². The Labute approximate surface area is 210 Å². The van der Waals surface area contributed by atoms with Crippen molar-refractivity contribution >= 4 is 6.08 Å². The fraction of sp³-hybridized carbons (Fsp3) is 0.481. The summed E-state index contributed by atoms with van der Waals surface area (Å²) in [5.41, 5.74) is 5.97. The van der Waals surface area contributed by atoms with Gasteiger partial charge in [-0.15, -0.1) is 0 Å². The van der Waals surface area contributed by atoms with Gasteiger partial charge in [-0.1, -0.05) is 6.08 Å². The number of nitrogens with one attached hydrogen (secondary N) is 2. The first kappa shape index (κ1) is 21.8. The maximum atomic E-state index is 5.14. The average Bonchev–Trinajstić information content (AvgIpc) is 3.68. The molecule has 4 aromatic rings. The summed E-state index contributed by atoms with van der Waals surface area (Å²) >= 11 is 0. The van der Waals surface area contributed by atoms with Crippen LogP contribution >= 0.6 is 0 Å². The zero-order valence-corrected chi connectivity index (χ0v) is 21.1. The summed E-state index contributed by atoms with van der Waals surface area (Å²) in [5, 5.41) is 10.9. The number of aryl methyl sites for hydroxylation is 1. The van der Waals surface area contributed by atoms with Crippen molar-refractivity contribution in [3.63, 3.8) is 0 Å². The van der Waals surface area contributed by atoms with E-state index >= 15 is 0 Å². The van der Waals surface area contributed by atoms with E-state index in [1.807, 2.05) is 18.6 Å². The molecule has 9 heteroatoms. The minimum atomic E-state index is 0.129. The maximum Gasteiger partial charge on any atom is 0.133 e. The number of imidazole rings is 1. The topological polar surface area (TPSA) is 95.7 Å². The van der Waals surface area contributed by atoms with E-state index in [2.05, 4.69) is 79.5 Å². The molecule has 0 aliphatic carbocycles. The summed E-state index contributed by atoms with van der Waals surface area (Å²) in [6.45, 7) is 10.6. The molecule has 0 amide bonds. The van der Waals surface area contributed by atoms with E-state index < -0.39 is 0 Å². The predicted molar refractivity (Wildman–Crippen MR) is 137 cm³/mol. The molecule has 3 atom stereocenters. The number of rotatable bonds is 5. The highest BCUT2D eigenvalue weighted by Crippen LogP contribution is 2.44. The monoisotopic (exact) mass is 483 g/mol. The van der Waals surface area contributed by atoms with E-state index in [4.69, 9.17) is 10.1 Å². The third kappa shape index (κ3) is 3.32. The molecule has 3 aliphatic heterocycles. The van der Waals surface area contributed by atoms with Crippen LogP contribution in [0.5, 0.6) is 0 Å². The van der Waals surface area contributed by atoms with Crippen LogP contribution in [0.4, 0.5) is 0 Å². The Morgan fingerprint density at radius 3 is 2.89 bits per heavy atom. The van der Waals surface area contributed by atoms with Gasteiger partial charge in [-0.05, 0) is 52.3 Å². The molecular weight excluding hydrogens is 450 g/mol. The summed E-state index contributed by atoms with van der Waals surface area (Å²) in [5.74, 6) is 1.20. The molecule has 7 rings (SSSR count). The molecule has 9 nitrogen and oxygen atoms in total. The molecule has 0 saturated carbocycles. The molecule has 1 saturated heterocycles. The average molecular weight is 484 g/mol. The Morgan fingerprint density at radius 1 is 1.17 bits per heavy atom. The number of likely N-dealkylation sites (tertiary alicyclic amines) is 1. The van der Waals surface area contributed by atoms with Gasteiger partial charge in [0.15, 0.2) is 0 Å². The van der Waals surface area contributed by atoms with Crippen LogP contribution in [0.25, 0.3) is 17.3 Å². The summed E-state index contributed by atoms with van der Waals surface area (Å²) in [4.78, 5) is 18.7. The molecule has 3 aliphatic rings. The molecule has 1 spiro atoms. The quantitative estimate of drug-likeness (QED) is 0.456. The Bertz CT molecular complexity index is 1520. The van der Waals surface area contributed by atoms with Crippen molar-refractivity contribution in [1.29, 1.82) is 0 Å². The molecule has 0 radical (unpaired) electrons. The zero-order chi connectivity index (χ0) is 24.4. The van der Waals surface area contributed by atoms with Crippen molar-refractivity contribution in [1.82, 2.24) is 39.4 Å². The molecule has 1 fully saturated rings. The molecule has 4 aromatic heterocycles. The Balaban J connectivity index is 1.21. The SMILES string of the molecule is CC1N=c2[nH]cc(-c3ccnn3C(C)C)c2=CC1c1cc2n(n1)CCC21CCN(Cc2ncc[nH]2)C1. The molecule has 3 unspecified atom stereocenters. The van der Waals surface area contributed by atoms with E-state index in [0.29, 0.717) is 6.04 Å². The molecule has 0 bridgehead atoms. The standard InChI is InChI=1S/C27H33N9/c1-17(2)36-23(4-7-31-36)21-14-30-26-20(21)12-19(18(3)32-26)22-13-24-27(6-11-35(24)33-22)5-10-34(16-27)15-25-28-8-9-29-25/h4,7-9,12-14,17-19H,5-6,10-11,15-16H2,1-3H3,(H,28,29)(H,30,32). The van der Waals surface area contributed by atoms with Gasteiger partial charge < -0.3 is 9.97 Å². The number of fused-ring (bicyclic) bond motifs is 3. The van der Waals surface area contributed by atoms with Gasteiger partial charge in [-0.2, -0.15) is 10.2 Å². The highest BCUT2D eigenvalue weighted by molar-refractivity contribution is 5.62. The van der Waals surface area contributed by atoms with E-state index in [1.54, 1.807) is 0 Å². The lowest BCUT2D eigenvalue weighted by Crippen LogP contribution is -2.34. The fourth-order valence-corrected chi connectivity index (χ4v) is 6.53. The highest BCUT2D eigenvalue weighted by Gasteiger charge is 2.46. The van der Waals surface area contributed by atoms with E-state index in [9.17, 15) is 0 Å². The predicted octanol–water partition coefficient (Wildman–Crippen LogP) is 2.51. The van der Waals surface area contributed by atoms with Crippen LogP contribution < -0.4 is 10.7 Å². The van der Waals surface area contributed by atoms with E-state index in [-0.39, 0.29) is 17.4 Å². The first-order chi connectivity index (χ1) is 17.5. The number of aromatic amines is 2. The summed E-state index contributed by atoms with van der Waals surface area (Å²) in [7, 11) is 0. The summed E-state index contributed by atoms with van der Waals surface area (Å²) < 4.78 is 4.35. The van der Waals surface area contributed by atoms with Gasteiger partial charge >= 0.3 is 0 Å². The number of hydrogen-bond acceptors (Lipinski definition) is 5. The van der Waals surface area contributed by atoms with Gasteiger partial charge in [0.05, 0.1) is 24.0 Å². The number of hydrogen-bond donors (Lipinski definition) is 2. The van der Waals surface area contributed by atoms with Crippen LogP contribution in [0, 0.1) is 0 Å². The van der Waals surface area contributed by atoms with Crippen molar-refractivity contribution in [2.24, 2.45) is 4.99 Å². The van der Waals surface area contributed by atoms with Crippen molar-refractivity contribution in [3.05, 3.63) is 64.8 Å². The van der Waals surface area contributed by atoms with Crippen molar-refractivity contribution < 1.29 is 0 Å². The molecule has 186 valence electrons. The fourth-order valence-electron chi connectivity index (χ4n) is 6.53. The lowest BCUT2D eigenvalue weighted by Gasteiger charge is -2.23. The van der Waals surface area contributed by atoms with E-state index in [1.165, 1.54) is 18.5 Å². The maximum absolute atomic E-state index is 5.14. The minimum Gasteiger partial charge on any atom is -0.348 e. The van der Waals surface area contributed by atoms with Crippen LogP contribution in [0.1, 0.15) is 62.8 Å². The van der Waals surface area contributed by atoms with Crippen molar-refractivity contribution in [3.8, 4) is 11.3 Å². The van der Waals surface area contributed by atoms with Gasteiger partial charge in [0, 0.05) is 71.7 Å². The lowest BCUT2D eigenvalue weighted by molar-refractivity contribution is 0.295. The third-order valence-corrected chi connectivity index (χ3v) is 8.38. The number of H-pyrrole nitrogens is 2. The second kappa shape index (κ2) is 8.03. The second-order valence-electron chi connectivity index (χ2n) is 11.0. The Morgan fingerprint density at radius 2 is 2.06 bits per heavy atom. The van der Waals surface area contributed by atoms with Crippen LogP contribution in [0.2, 0.25) is 0 Å². The molecule has 7 heterocycles. The highest BCUT2D eigenvalue weighted by atomic mass is 15.3. The first-order valence-corrected chi connectivity index (χ1v) is 13.1. The largest absolute Gasteiger partial charge is 0.348 e. The Hall–Kier alpha value is -3.46. The smallest absolute Gasteiger partial charge is 0.133 e. The number of aromatic nitrogens is 7. The molecule has 36 heavy (non-hydrogen) atoms. The lowest BCUT2D eigenvalue weighted by atomic mass is 9.82. The van der Waals surface area contributed by atoms with Crippen LogP contribution in [-0.4, -0.2) is 58.5 Å². The molecule has 2 N–H and O–H groups in total. The Kier molecular flexibility index (Phi) is 4.86. The number of nitrogens with zero attached hydrogens (tertiary/aromatic N) is 7. The minimum absolute atomic E-state index is 0.129. The second-order valence-corrected chi connectivity index (χ2v) is 11.0. The van der Waals surface area contributed by atoms with Crippen LogP contribution in [0.3, 0.4) is 0 Å². The summed E-state index contributed by atoms with van der Waals surface area (Å²) in [6.07, 6.45) is 12.4. The molecule has 0 aromatic carbocycles. The van der Waals surface area contributed by atoms with Gasteiger partial charge in [0.2, 0.25) is 0 Å². The van der Waals surface area contributed by atoms with Gasteiger partial charge in [0.1, 0.15) is 11.3 Å².